The molecule has 0 aliphatic rings. The summed E-state index contributed by atoms with van der Waals surface area (Å²) in [4.78, 5) is 26.1. The highest BCUT2D eigenvalue weighted by Crippen LogP contribution is 2.24. The molecule has 3 aromatic rings. The first kappa shape index (κ1) is 18.9. The second kappa shape index (κ2) is 9.71. The van der Waals surface area contributed by atoms with Crippen LogP contribution < -0.4 is 4.90 Å². The van der Waals surface area contributed by atoms with Crippen LogP contribution in [0.1, 0.15) is 39.0 Å². The molecule has 6 heteroatoms. The van der Waals surface area contributed by atoms with E-state index in [1.807, 2.05) is 49.4 Å². The summed E-state index contributed by atoms with van der Waals surface area (Å²) in [6.45, 7) is 3.10. The summed E-state index contributed by atoms with van der Waals surface area (Å²) in [7, 11) is 0. The highest BCUT2D eigenvalue weighted by molar-refractivity contribution is 5.78. The predicted octanol–water partition coefficient (Wildman–Crippen LogP) is 4.61. The van der Waals surface area contributed by atoms with Crippen molar-refractivity contribution < 1.29 is 9.53 Å². The zero-order valence-corrected chi connectivity index (χ0v) is 15.7. The van der Waals surface area contributed by atoms with Crippen LogP contribution in [-0.4, -0.2) is 34.1 Å². The molecule has 0 radical (unpaired) electrons. The lowest BCUT2D eigenvalue weighted by Gasteiger charge is -2.20. The van der Waals surface area contributed by atoms with Gasteiger partial charge in [-0.05, 0) is 44.0 Å². The summed E-state index contributed by atoms with van der Waals surface area (Å²) in [5.74, 6) is 1.58. The first-order valence-corrected chi connectivity index (χ1v) is 9.57. The minimum Gasteiger partial charge on any atom is -0.466 e. The Morgan fingerprint density at radius 2 is 1.89 bits per heavy atom. The Balaban J connectivity index is 1.59. The average molecular weight is 366 g/mol. The number of nitrogens with zero attached hydrogens (tertiary/aromatic N) is 3. The molecular formula is C21H26N4O2. The maximum atomic E-state index is 11.4. The topological polar surface area (TPSA) is 71.1 Å². The van der Waals surface area contributed by atoms with Gasteiger partial charge in [-0.3, -0.25) is 9.69 Å². The summed E-state index contributed by atoms with van der Waals surface area (Å²) in [5, 5.41) is 0. The van der Waals surface area contributed by atoms with Gasteiger partial charge in [-0.15, -0.1) is 0 Å². The van der Waals surface area contributed by atoms with Gasteiger partial charge < -0.3 is 9.72 Å². The van der Waals surface area contributed by atoms with Crippen LogP contribution in [0.2, 0.25) is 0 Å². The number of anilines is 2. The van der Waals surface area contributed by atoms with E-state index in [4.69, 9.17) is 9.72 Å². The maximum absolute atomic E-state index is 11.4. The molecule has 2 heterocycles. The van der Waals surface area contributed by atoms with E-state index in [1.165, 1.54) is 0 Å². The van der Waals surface area contributed by atoms with Crippen LogP contribution in [0, 0.1) is 0 Å². The Bertz CT molecular complexity index is 815. The number of carbonyl (C=O) groups excluding carboxylic acids is 1. The zero-order valence-electron chi connectivity index (χ0n) is 15.7. The van der Waals surface area contributed by atoms with Gasteiger partial charge in [-0.1, -0.05) is 31.0 Å². The number of hydrogen-bond donors (Lipinski definition) is 1. The van der Waals surface area contributed by atoms with Crippen molar-refractivity contribution in [1.82, 2.24) is 15.0 Å². The van der Waals surface area contributed by atoms with Crippen molar-refractivity contribution in [3.05, 3.63) is 48.7 Å². The number of aromatic amines is 1. The summed E-state index contributed by atoms with van der Waals surface area (Å²) < 4.78 is 4.96. The SMILES string of the molecule is CCOC(=O)CCCCCCN(c1ccccn1)c1nc2ccccc2[nH]1. The van der Waals surface area contributed by atoms with Crippen molar-refractivity contribution >= 4 is 28.8 Å². The van der Waals surface area contributed by atoms with Crippen molar-refractivity contribution in [2.24, 2.45) is 0 Å². The van der Waals surface area contributed by atoms with Crippen molar-refractivity contribution in [1.29, 1.82) is 0 Å². The highest BCUT2D eigenvalue weighted by atomic mass is 16.5. The number of H-pyrrole nitrogens is 1. The van der Waals surface area contributed by atoms with E-state index in [2.05, 4.69) is 14.9 Å². The molecule has 1 aromatic carbocycles. The molecule has 0 saturated heterocycles. The Morgan fingerprint density at radius 3 is 2.67 bits per heavy atom. The van der Waals surface area contributed by atoms with Crippen LogP contribution in [-0.2, 0) is 9.53 Å². The number of para-hydroxylation sites is 2. The minimum absolute atomic E-state index is 0.102. The number of carbonyl (C=O) groups is 1. The van der Waals surface area contributed by atoms with Crippen LogP contribution in [0.25, 0.3) is 11.0 Å². The van der Waals surface area contributed by atoms with Crippen molar-refractivity contribution in [3.8, 4) is 0 Å². The summed E-state index contributed by atoms with van der Waals surface area (Å²) in [5.41, 5.74) is 1.96. The molecule has 0 bridgehead atoms. The number of benzene rings is 1. The Hall–Kier alpha value is -2.89. The number of unbranched alkanes of at least 4 members (excludes halogenated alkanes) is 3. The fraction of sp³-hybridized carbons (Fsp3) is 0.381. The highest BCUT2D eigenvalue weighted by Gasteiger charge is 2.14. The number of esters is 1. The van der Waals surface area contributed by atoms with E-state index in [-0.39, 0.29) is 5.97 Å². The number of fused-ring (bicyclic) bond motifs is 1. The quantitative estimate of drug-likeness (QED) is 0.419. The lowest BCUT2D eigenvalue weighted by Crippen LogP contribution is -2.20. The van der Waals surface area contributed by atoms with E-state index in [0.29, 0.717) is 13.0 Å². The van der Waals surface area contributed by atoms with Gasteiger partial charge in [0.2, 0.25) is 5.95 Å². The summed E-state index contributed by atoms with van der Waals surface area (Å²) >= 11 is 0. The van der Waals surface area contributed by atoms with Crippen molar-refractivity contribution in [2.75, 3.05) is 18.1 Å². The third kappa shape index (κ3) is 5.29. The van der Waals surface area contributed by atoms with Gasteiger partial charge in [0.25, 0.3) is 0 Å². The molecule has 0 amide bonds. The van der Waals surface area contributed by atoms with Gasteiger partial charge in [-0.2, -0.15) is 0 Å². The number of ether oxygens (including phenoxy) is 1. The molecule has 0 spiro atoms. The van der Waals surface area contributed by atoms with Gasteiger partial charge in [-0.25, -0.2) is 9.97 Å². The number of aromatic nitrogens is 3. The second-order valence-electron chi connectivity index (χ2n) is 6.39. The van der Waals surface area contributed by atoms with Crippen LogP contribution in [0.4, 0.5) is 11.8 Å². The van der Waals surface area contributed by atoms with Gasteiger partial charge in [0, 0.05) is 19.2 Å². The summed E-state index contributed by atoms with van der Waals surface area (Å²) in [6.07, 6.45) is 6.22. The molecular weight excluding hydrogens is 340 g/mol. The average Bonchev–Trinajstić information content (AvgIpc) is 3.12. The maximum Gasteiger partial charge on any atom is 0.305 e. The molecule has 142 valence electrons. The van der Waals surface area contributed by atoms with Crippen molar-refractivity contribution in [2.45, 2.75) is 39.0 Å². The molecule has 0 aliphatic carbocycles. The molecule has 27 heavy (non-hydrogen) atoms. The third-order valence-corrected chi connectivity index (χ3v) is 4.38. The normalized spacial score (nSPS) is 10.9. The number of hydrogen-bond acceptors (Lipinski definition) is 5. The number of nitrogens with one attached hydrogen (secondary N) is 1. The van der Waals surface area contributed by atoms with E-state index in [0.717, 1.165) is 55.0 Å². The van der Waals surface area contributed by atoms with Gasteiger partial charge in [0.1, 0.15) is 5.82 Å². The van der Waals surface area contributed by atoms with Crippen molar-refractivity contribution in [3.63, 3.8) is 0 Å². The molecule has 2 aromatic heterocycles. The molecule has 3 rings (SSSR count). The van der Waals surface area contributed by atoms with Crippen LogP contribution in [0.3, 0.4) is 0 Å². The van der Waals surface area contributed by atoms with Crippen LogP contribution >= 0.6 is 0 Å². The smallest absolute Gasteiger partial charge is 0.305 e. The molecule has 6 nitrogen and oxygen atoms in total. The predicted molar refractivity (Wildman–Crippen MR) is 107 cm³/mol. The largest absolute Gasteiger partial charge is 0.466 e. The van der Waals surface area contributed by atoms with E-state index >= 15 is 0 Å². The molecule has 0 unspecified atom stereocenters. The standard InChI is InChI=1S/C21H26N4O2/c1-2-27-20(26)14-5-3-4-10-16-25(19-13-8-9-15-22-19)21-23-17-11-6-7-12-18(17)24-21/h6-9,11-13,15H,2-5,10,14,16H2,1H3,(H,23,24). The Labute approximate surface area is 159 Å². The lowest BCUT2D eigenvalue weighted by atomic mass is 10.1. The molecule has 0 saturated carbocycles. The number of pyridine rings is 1. The van der Waals surface area contributed by atoms with E-state index in [1.54, 1.807) is 6.20 Å². The van der Waals surface area contributed by atoms with Gasteiger partial charge in [0.05, 0.1) is 17.6 Å². The second-order valence-corrected chi connectivity index (χ2v) is 6.39. The summed E-state index contributed by atoms with van der Waals surface area (Å²) in [6, 6.07) is 13.9. The number of rotatable bonds is 10. The van der Waals surface area contributed by atoms with Gasteiger partial charge in [0.15, 0.2) is 0 Å². The monoisotopic (exact) mass is 366 g/mol. The molecule has 0 aliphatic heterocycles. The first-order valence-electron chi connectivity index (χ1n) is 9.57. The molecule has 1 N–H and O–H groups in total. The van der Waals surface area contributed by atoms with E-state index in [9.17, 15) is 4.79 Å². The lowest BCUT2D eigenvalue weighted by molar-refractivity contribution is -0.143. The Morgan fingerprint density at radius 1 is 1.07 bits per heavy atom. The fourth-order valence-corrected chi connectivity index (χ4v) is 3.04. The van der Waals surface area contributed by atoms with Crippen LogP contribution in [0.15, 0.2) is 48.7 Å². The third-order valence-electron chi connectivity index (χ3n) is 4.38. The fourth-order valence-electron chi connectivity index (χ4n) is 3.04. The van der Waals surface area contributed by atoms with Crippen LogP contribution in [0.5, 0.6) is 0 Å². The Kier molecular flexibility index (Phi) is 6.79. The molecule has 0 fully saturated rings. The number of imidazole rings is 1. The first-order chi connectivity index (χ1) is 13.3. The molecule has 0 atom stereocenters. The van der Waals surface area contributed by atoms with Gasteiger partial charge >= 0.3 is 5.97 Å². The minimum atomic E-state index is -0.102. The zero-order chi connectivity index (χ0) is 18.9. The van der Waals surface area contributed by atoms with E-state index < -0.39 is 0 Å².